The topological polar surface area (TPSA) is 85.2 Å². The smallest absolute Gasteiger partial charge is 0.292 e. The minimum atomic E-state index is -0.371. The quantitative estimate of drug-likeness (QED) is 0.484. The van der Waals surface area contributed by atoms with Crippen molar-refractivity contribution in [2.24, 2.45) is 0 Å². The first kappa shape index (κ1) is 21.4. The summed E-state index contributed by atoms with van der Waals surface area (Å²) in [5, 5.41) is 11.3. The average Bonchev–Trinajstić information content (AvgIpc) is 2.78. The maximum Gasteiger partial charge on any atom is 0.292 e. The van der Waals surface area contributed by atoms with Gasteiger partial charge >= 0.3 is 0 Å². The summed E-state index contributed by atoms with van der Waals surface area (Å²) in [4.78, 5) is 27.6. The molecule has 1 fully saturated rings. The summed E-state index contributed by atoms with van der Waals surface area (Å²) in [5.41, 5.74) is 1.22. The van der Waals surface area contributed by atoms with Crippen molar-refractivity contribution >= 4 is 17.3 Å². The predicted molar refractivity (Wildman–Crippen MR) is 115 cm³/mol. The second-order valence-corrected chi connectivity index (χ2v) is 6.97. The van der Waals surface area contributed by atoms with E-state index in [-0.39, 0.29) is 16.5 Å². The summed E-state index contributed by atoms with van der Waals surface area (Å²) in [6, 6.07) is 12.0. The molecule has 0 bridgehead atoms. The van der Waals surface area contributed by atoms with Gasteiger partial charge in [0.05, 0.1) is 18.1 Å². The standard InChI is InChI=1S/C22H27N3O5/c1-3-15-30-20-10-9-17(16-21(20)29-4-2)22(26)24-13-11-23(12-14-24)18-7-5-6-8-19(18)25(27)28/h5-10,16H,3-4,11-15H2,1-2H3. The van der Waals surface area contributed by atoms with E-state index in [2.05, 4.69) is 0 Å². The Morgan fingerprint density at radius 3 is 2.43 bits per heavy atom. The van der Waals surface area contributed by atoms with E-state index in [4.69, 9.17) is 9.47 Å². The van der Waals surface area contributed by atoms with Gasteiger partial charge in [-0.05, 0) is 37.6 Å². The molecule has 1 aliphatic rings. The van der Waals surface area contributed by atoms with Crippen molar-refractivity contribution in [3.63, 3.8) is 0 Å². The fourth-order valence-corrected chi connectivity index (χ4v) is 3.46. The highest BCUT2D eigenvalue weighted by molar-refractivity contribution is 5.95. The molecule has 0 aliphatic carbocycles. The fraction of sp³-hybridized carbons (Fsp3) is 0.409. The zero-order chi connectivity index (χ0) is 21.5. The van der Waals surface area contributed by atoms with E-state index >= 15 is 0 Å². The number of anilines is 1. The second-order valence-electron chi connectivity index (χ2n) is 6.97. The highest BCUT2D eigenvalue weighted by Crippen LogP contribution is 2.31. The molecule has 0 N–H and O–H groups in total. The average molecular weight is 413 g/mol. The minimum Gasteiger partial charge on any atom is -0.490 e. The molecule has 8 heteroatoms. The Hall–Kier alpha value is -3.29. The van der Waals surface area contributed by atoms with Gasteiger partial charge in [0.25, 0.3) is 11.6 Å². The van der Waals surface area contributed by atoms with E-state index in [1.54, 1.807) is 41.3 Å². The Morgan fingerprint density at radius 2 is 1.77 bits per heavy atom. The molecular formula is C22H27N3O5. The molecule has 0 aromatic heterocycles. The maximum atomic E-state index is 13.0. The maximum absolute atomic E-state index is 13.0. The number of hydrogen-bond donors (Lipinski definition) is 0. The Bertz CT molecular complexity index is 894. The Balaban J connectivity index is 1.69. The van der Waals surface area contributed by atoms with E-state index in [0.717, 1.165) is 6.42 Å². The number of nitrogens with zero attached hydrogens (tertiary/aromatic N) is 3. The number of carbonyl (C=O) groups excluding carboxylic acids is 1. The van der Waals surface area contributed by atoms with Crippen molar-refractivity contribution in [1.82, 2.24) is 4.90 Å². The van der Waals surface area contributed by atoms with E-state index < -0.39 is 0 Å². The number of para-hydroxylation sites is 2. The molecule has 1 amide bonds. The summed E-state index contributed by atoms with van der Waals surface area (Å²) in [5.74, 6) is 1.12. The number of rotatable bonds is 8. The molecule has 0 saturated carbocycles. The van der Waals surface area contributed by atoms with Crippen molar-refractivity contribution in [3.8, 4) is 11.5 Å². The molecule has 2 aromatic carbocycles. The van der Waals surface area contributed by atoms with Crippen molar-refractivity contribution < 1.29 is 19.2 Å². The number of benzene rings is 2. The summed E-state index contributed by atoms with van der Waals surface area (Å²) in [7, 11) is 0. The summed E-state index contributed by atoms with van der Waals surface area (Å²) in [6.45, 7) is 7.03. The fourth-order valence-electron chi connectivity index (χ4n) is 3.46. The Morgan fingerprint density at radius 1 is 1.03 bits per heavy atom. The molecule has 1 aliphatic heterocycles. The summed E-state index contributed by atoms with van der Waals surface area (Å²) >= 11 is 0. The number of hydrogen-bond acceptors (Lipinski definition) is 6. The minimum absolute atomic E-state index is 0.0831. The number of nitro groups is 1. The number of carbonyl (C=O) groups is 1. The van der Waals surface area contributed by atoms with Crippen molar-refractivity contribution in [2.75, 3.05) is 44.3 Å². The molecule has 2 aromatic rings. The third-order valence-electron chi connectivity index (χ3n) is 4.94. The van der Waals surface area contributed by atoms with Crippen LogP contribution in [0.25, 0.3) is 0 Å². The van der Waals surface area contributed by atoms with Crippen LogP contribution < -0.4 is 14.4 Å². The van der Waals surface area contributed by atoms with Crippen LogP contribution in [0.3, 0.4) is 0 Å². The summed E-state index contributed by atoms with van der Waals surface area (Å²) in [6.07, 6.45) is 0.885. The molecule has 8 nitrogen and oxygen atoms in total. The highest BCUT2D eigenvalue weighted by atomic mass is 16.6. The van der Waals surface area contributed by atoms with Gasteiger partial charge in [0.1, 0.15) is 5.69 Å². The van der Waals surface area contributed by atoms with Crippen molar-refractivity contribution in [3.05, 3.63) is 58.1 Å². The van der Waals surface area contributed by atoms with E-state index in [1.165, 1.54) is 6.07 Å². The second kappa shape index (κ2) is 9.96. The van der Waals surface area contributed by atoms with Gasteiger partial charge in [0.15, 0.2) is 11.5 Å². The van der Waals surface area contributed by atoms with Gasteiger partial charge in [-0.3, -0.25) is 14.9 Å². The highest BCUT2D eigenvalue weighted by Gasteiger charge is 2.26. The molecule has 3 rings (SSSR count). The lowest BCUT2D eigenvalue weighted by Crippen LogP contribution is -2.49. The van der Waals surface area contributed by atoms with Gasteiger partial charge in [0.2, 0.25) is 0 Å². The number of amides is 1. The van der Waals surface area contributed by atoms with Gasteiger partial charge in [-0.25, -0.2) is 0 Å². The van der Waals surface area contributed by atoms with E-state index in [1.807, 2.05) is 18.7 Å². The normalized spacial score (nSPS) is 13.8. The first-order valence-electron chi connectivity index (χ1n) is 10.2. The van der Waals surface area contributed by atoms with Gasteiger partial charge < -0.3 is 19.3 Å². The Kier molecular flexibility index (Phi) is 7.11. The first-order valence-corrected chi connectivity index (χ1v) is 10.2. The lowest BCUT2D eigenvalue weighted by molar-refractivity contribution is -0.384. The van der Waals surface area contributed by atoms with Crippen LogP contribution in [0.5, 0.6) is 11.5 Å². The van der Waals surface area contributed by atoms with Crippen LogP contribution in [0.2, 0.25) is 0 Å². The van der Waals surface area contributed by atoms with Gasteiger partial charge in [-0.1, -0.05) is 19.1 Å². The van der Waals surface area contributed by atoms with Gasteiger partial charge in [-0.15, -0.1) is 0 Å². The van der Waals surface area contributed by atoms with Crippen LogP contribution in [0.15, 0.2) is 42.5 Å². The summed E-state index contributed by atoms with van der Waals surface area (Å²) < 4.78 is 11.4. The lowest BCUT2D eigenvalue weighted by Gasteiger charge is -2.35. The monoisotopic (exact) mass is 413 g/mol. The molecule has 0 radical (unpaired) electrons. The van der Waals surface area contributed by atoms with Crippen molar-refractivity contribution in [2.45, 2.75) is 20.3 Å². The third-order valence-corrected chi connectivity index (χ3v) is 4.94. The molecule has 1 saturated heterocycles. The van der Waals surface area contributed by atoms with E-state index in [0.29, 0.717) is 62.1 Å². The van der Waals surface area contributed by atoms with Crippen LogP contribution in [0.4, 0.5) is 11.4 Å². The third kappa shape index (κ3) is 4.82. The van der Waals surface area contributed by atoms with Crippen molar-refractivity contribution in [1.29, 1.82) is 0 Å². The number of piperazine rings is 1. The molecule has 0 spiro atoms. The SMILES string of the molecule is CCCOc1ccc(C(=O)N2CCN(c3ccccc3[N+](=O)[O-])CC2)cc1OCC. The molecule has 160 valence electrons. The van der Waals surface area contributed by atoms with Crippen LogP contribution in [-0.4, -0.2) is 55.1 Å². The number of ether oxygens (including phenoxy) is 2. The van der Waals surface area contributed by atoms with Gasteiger partial charge in [0, 0.05) is 37.8 Å². The van der Waals surface area contributed by atoms with Crippen LogP contribution in [0, 0.1) is 10.1 Å². The molecule has 1 heterocycles. The van der Waals surface area contributed by atoms with Crippen LogP contribution >= 0.6 is 0 Å². The zero-order valence-corrected chi connectivity index (χ0v) is 17.4. The first-order chi connectivity index (χ1) is 14.5. The van der Waals surface area contributed by atoms with Gasteiger partial charge in [-0.2, -0.15) is 0 Å². The Labute approximate surface area is 176 Å². The van der Waals surface area contributed by atoms with E-state index in [9.17, 15) is 14.9 Å². The zero-order valence-electron chi connectivity index (χ0n) is 17.4. The van der Waals surface area contributed by atoms with Crippen LogP contribution in [0.1, 0.15) is 30.6 Å². The largest absolute Gasteiger partial charge is 0.490 e. The molecular weight excluding hydrogens is 386 g/mol. The lowest BCUT2D eigenvalue weighted by atomic mass is 10.1. The van der Waals surface area contributed by atoms with Crippen LogP contribution in [-0.2, 0) is 0 Å². The molecule has 30 heavy (non-hydrogen) atoms. The molecule has 0 atom stereocenters. The number of nitro benzene ring substituents is 1. The molecule has 0 unspecified atom stereocenters. The predicted octanol–water partition coefficient (Wildman–Crippen LogP) is 3.74.